The zero-order valence-electron chi connectivity index (χ0n) is 33.2. The monoisotopic (exact) mass is 760 g/mol. The van der Waals surface area contributed by atoms with Crippen molar-refractivity contribution in [1.29, 1.82) is 0 Å². The van der Waals surface area contributed by atoms with Gasteiger partial charge in [-0.15, -0.1) is 0 Å². The molecule has 0 aliphatic carbocycles. The van der Waals surface area contributed by atoms with Gasteiger partial charge in [0.15, 0.2) is 0 Å². The second-order valence-corrected chi connectivity index (χ2v) is 15.9. The second-order valence-electron chi connectivity index (χ2n) is 14.4. The van der Waals surface area contributed by atoms with Gasteiger partial charge in [0.1, 0.15) is 0 Å². The third-order valence-corrected chi connectivity index (χ3v) is 9.92. The Morgan fingerprint density at radius 2 is 0.755 bits per heavy atom. The van der Waals surface area contributed by atoms with Crippen LogP contribution in [-0.4, -0.2) is 4.70 Å². The van der Waals surface area contributed by atoms with E-state index in [9.17, 15) is 5.53 Å². The fourth-order valence-electron chi connectivity index (χ4n) is 7.27. The van der Waals surface area contributed by atoms with Crippen molar-refractivity contribution < 1.29 is 22.7 Å². The minimum absolute atomic E-state index is 0.934. The molecule has 1 heterocycles. The Bertz CT molecular complexity index is 1240. The Balaban J connectivity index is 0.00000267. The van der Waals surface area contributed by atoms with Gasteiger partial charge in [0.25, 0.3) is 0 Å². The Labute approximate surface area is 312 Å². The van der Waals surface area contributed by atoms with Crippen molar-refractivity contribution in [1.82, 2.24) is 0 Å². The molecule has 2 aromatic carbocycles. The summed E-state index contributed by atoms with van der Waals surface area (Å²) in [5.74, 6) is 0. The van der Waals surface area contributed by atoms with E-state index in [2.05, 4.69) is 88.7 Å². The number of benzene rings is 2. The number of unbranched alkanes of at least 4 members (excludes halogenated alkanes) is 11. The second kappa shape index (κ2) is 26.0. The first-order valence-corrected chi connectivity index (χ1v) is 23.5. The molecule has 0 unspecified atom stereocenters. The van der Waals surface area contributed by atoms with Crippen LogP contribution in [0.4, 0.5) is 0 Å². The summed E-state index contributed by atoms with van der Waals surface area (Å²) in [6, 6.07) is 14.5. The van der Waals surface area contributed by atoms with Crippen LogP contribution in [0, 0.1) is 0 Å². The summed E-state index contributed by atoms with van der Waals surface area (Å²) < 4.78 is 1.63. The Hall–Kier alpha value is -1.82. The SMILES string of the molecule is CCCCCCC1=C(c2cc(CCCC)cc(CCCC)c2)[N+](=[N-])C(c2cc(CCCCCC)cc(CCCCCC)c2)=C1CC.[CH3][Pd][CH3]. The predicted octanol–water partition coefficient (Wildman–Crippen LogP) is 15.3. The topological polar surface area (TPSA) is 25.3 Å². The summed E-state index contributed by atoms with van der Waals surface area (Å²) in [5, 5.41) is 4.35. The van der Waals surface area contributed by atoms with E-state index in [4.69, 9.17) is 0 Å². The van der Waals surface area contributed by atoms with Crippen molar-refractivity contribution >= 4 is 11.4 Å². The van der Waals surface area contributed by atoms with E-state index in [-0.39, 0.29) is 0 Å². The Morgan fingerprint density at radius 1 is 0.429 bits per heavy atom. The van der Waals surface area contributed by atoms with Gasteiger partial charge in [0.2, 0.25) is 11.4 Å². The van der Waals surface area contributed by atoms with Gasteiger partial charge in [0.05, 0.1) is 0 Å². The van der Waals surface area contributed by atoms with Crippen molar-refractivity contribution in [3.63, 3.8) is 0 Å². The Morgan fingerprint density at radius 3 is 1.10 bits per heavy atom. The molecule has 3 heteroatoms. The van der Waals surface area contributed by atoms with Gasteiger partial charge in [-0.05, 0) is 117 Å². The van der Waals surface area contributed by atoms with Crippen LogP contribution < -0.4 is 0 Å². The molecule has 0 radical (unpaired) electrons. The van der Waals surface area contributed by atoms with E-state index in [0.717, 1.165) is 67.9 Å². The molecule has 0 bridgehead atoms. The van der Waals surface area contributed by atoms with Crippen molar-refractivity contribution in [2.75, 3.05) is 0 Å². The average molecular weight is 762 g/mol. The van der Waals surface area contributed by atoms with Crippen LogP contribution in [0.2, 0.25) is 10.8 Å². The average Bonchev–Trinajstić information content (AvgIpc) is 3.39. The summed E-state index contributed by atoms with van der Waals surface area (Å²) in [4.78, 5) is 0. The van der Waals surface area contributed by atoms with E-state index in [1.54, 1.807) is 4.70 Å². The van der Waals surface area contributed by atoms with Crippen LogP contribution in [0.15, 0.2) is 47.5 Å². The summed E-state index contributed by atoms with van der Waals surface area (Å²) in [7, 11) is 0. The van der Waals surface area contributed by atoms with Crippen LogP contribution >= 0.6 is 0 Å². The first kappa shape index (κ1) is 43.3. The molecule has 0 aromatic heterocycles. The number of nitrogens with zero attached hydrogens (tertiary/aromatic N) is 2. The molecule has 3 rings (SSSR count). The van der Waals surface area contributed by atoms with Crippen molar-refractivity contribution in [2.45, 2.75) is 194 Å². The molecule has 0 fully saturated rings. The van der Waals surface area contributed by atoms with Gasteiger partial charge in [-0.25, -0.2) is 4.70 Å². The molecule has 49 heavy (non-hydrogen) atoms. The van der Waals surface area contributed by atoms with Crippen LogP contribution in [0.1, 0.15) is 190 Å². The minimum atomic E-state index is 0.934. The zero-order valence-corrected chi connectivity index (χ0v) is 34.8. The molecule has 0 atom stereocenters. The van der Waals surface area contributed by atoms with Crippen LogP contribution in [0.3, 0.4) is 0 Å². The molecular weight excluding hydrogens is 687 g/mol. The van der Waals surface area contributed by atoms with E-state index < -0.39 is 0 Å². The molecule has 0 saturated heterocycles. The third kappa shape index (κ3) is 14.7. The summed E-state index contributed by atoms with van der Waals surface area (Å²) >= 11 is 0.950. The maximum atomic E-state index is 12.4. The molecular formula is C46H74N2Pd. The quantitative estimate of drug-likeness (QED) is 0.0578. The fourth-order valence-corrected chi connectivity index (χ4v) is 7.27. The van der Waals surface area contributed by atoms with Crippen molar-refractivity contribution in [3.8, 4) is 0 Å². The maximum absolute atomic E-state index is 12.4. The third-order valence-electron chi connectivity index (χ3n) is 9.92. The summed E-state index contributed by atoms with van der Waals surface area (Å²) in [6.45, 7) is 13.7. The van der Waals surface area contributed by atoms with Gasteiger partial charge < -0.3 is 5.53 Å². The number of rotatable bonds is 24. The van der Waals surface area contributed by atoms with Gasteiger partial charge in [-0.1, -0.05) is 124 Å². The Kier molecular flexibility index (Phi) is 23.0. The number of hydrogen-bond acceptors (Lipinski definition) is 0. The molecule has 1 aliphatic rings. The molecule has 0 spiro atoms. The summed E-state index contributed by atoms with van der Waals surface area (Å²) in [6.07, 6.45) is 26.4. The predicted molar refractivity (Wildman–Crippen MR) is 214 cm³/mol. The first-order chi connectivity index (χ1) is 23.9. The fraction of sp³-hybridized carbons (Fsp3) is 0.652. The van der Waals surface area contributed by atoms with Crippen molar-refractivity contribution in [3.05, 3.63) is 86.5 Å². The molecule has 0 amide bonds. The number of aryl methyl sites for hydroxylation is 4. The molecule has 2 nitrogen and oxygen atoms in total. The molecule has 0 saturated carbocycles. The zero-order chi connectivity index (χ0) is 35.9. The normalized spacial score (nSPS) is 13.1. The molecule has 0 N–H and O–H groups in total. The molecule has 2 aromatic rings. The van der Waals surface area contributed by atoms with Crippen LogP contribution in [-0.2, 0) is 43.7 Å². The molecule has 278 valence electrons. The van der Waals surface area contributed by atoms with Crippen LogP contribution in [0.5, 0.6) is 0 Å². The standard InChI is InChI=1S/C44H68N2.2CH3.Pd/c1-7-13-18-21-26-37-30-38(27-22-19-14-8-2)34-39(33-37)43-41(12-6)42(28-23-20-15-9-3)44(46(43)45)40-31-35(24-16-10-4)29-36(32-40)25-17-11-5;;;/h29-34H,7-28H2,1-6H3;2*1H3;. The van der Waals surface area contributed by atoms with E-state index in [1.165, 1.54) is 147 Å². The van der Waals surface area contributed by atoms with E-state index in [1.807, 2.05) is 0 Å². The van der Waals surface area contributed by atoms with Gasteiger partial charge in [-0.2, -0.15) is 0 Å². The van der Waals surface area contributed by atoms with Crippen molar-refractivity contribution in [2.24, 2.45) is 0 Å². The van der Waals surface area contributed by atoms with E-state index >= 15 is 0 Å². The van der Waals surface area contributed by atoms with E-state index in [0.29, 0.717) is 0 Å². The van der Waals surface area contributed by atoms with Crippen LogP contribution in [0.25, 0.3) is 16.9 Å². The summed E-state index contributed by atoms with van der Waals surface area (Å²) in [5.41, 5.74) is 25.3. The first-order valence-electron chi connectivity index (χ1n) is 20.4. The number of allylic oxidation sites excluding steroid dienone is 2. The van der Waals surface area contributed by atoms with Gasteiger partial charge in [0, 0.05) is 22.3 Å². The van der Waals surface area contributed by atoms with Gasteiger partial charge >= 0.3 is 28.8 Å². The van der Waals surface area contributed by atoms with Gasteiger partial charge in [-0.3, -0.25) is 0 Å². The molecule has 1 aliphatic heterocycles. The number of hydrogen-bond donors (Lipinski definition) is 0.